The molecule has 6 nitrogen and oxygen atoms in total. The minimum absolute atomic E-state index is 0.0176. The lowest BCUT2D eigenvalue weighted by Crippen LogP contribution is -2.53. The van der Waals surface area contributed by atoms with Crippen molar-refractivity contribution in [1.29, 1.82) is 5.41 Å². The predicted octanol–water partition coefficient (Wildman–Crippen LogP) is 4.76. The van der Waals surface area contributed by atoms with Gasteiger partial charge >= 0.3 is 0 Å². The van der Waals surface area contributed by atoms with Gasteiger partial charge in [0.1, 0.15) is 17.1 Å². The predicted molar refractivity (Wildman–Crippen MR) is 131 cm³/mol. The number of hydrogen-bond acceptors (Lipinski definition) is 5. The number of para-hydroxylation sites is 1. The maximum absolute atomic E-state index is 13.1. The summed E-state index contributed by atoms with van der Waals surface area (Å²) >= 11 is 0. The number of hydrogen-bond donors (Lipinski definition) is 2. The summed E-state index contributed by atoms with van der Waals surface area (Å²) in [6, 6.07) is 15.3. The first-order valence-corrected chi connectivity index (χ1v) is 11.7. The van der Waals surface area contributed by atoms with Gasteiger partial charge < -0.3 is 25.1 Å². The number of ether oxygens (including phenoxy) is 2. The molecule has 2 aliphatic rings. The van der Waals surface area contributed by atoms with Crippen LogP contribution in [0.1, 0.15) is 49.0 Å². The van der Waals surface area contributed by atoms with Gasteiger partial charge in [-0.05, 0) is 48.7 Å². The Kier molecular flexibility index (Phi) is 6.72. The summed E-state index contributed by atoms with van der Waals surface area (Å²) in [6.07, 6.45) is 3.68. The second kappa shape index (κ2) is 9.69. The third-order valence-electron chi connectivity index (χ3n) is 6.54. The van der Waals surface area contributed by atoms with Crippen molar-refractivity contribution in [1.82, 2.24) is 10.2 Å². The summed E-state index contributed by atoms with van der Waals surface area (Å²) in [5, 5.41) is 11.4. The van der Waals surface area contributed by atoms with E-state index in [-0.39, 0.29) is 5.91 Å². The molecule has 6 heteroatoms. The molecule has 0 saturated carbocycles. The monoisotopic (exact) mass is 447 g/mol. The first-order valence-electron chi connectivity index (χ1n) is 11.7. The molecular formula is C27H33N3O3. The molecule has 0 unspecified atom stereocenters. The Balaban J connectivity index is 1.45. The highest BCUT2D eigenvalue weighted by atomic mass is 16.5. The second-order valence-electron chi connectivity index (χ2n) is 9.12. The summed E-state index contributed by atoms with van der Waals surface area (Å²) in [7, 11) is 1.88. The standard InChI is InChI=1S/C27H33N3O3/c1-19(2)12-17-32-21-10-8-20(9-11-21)26(31)30-15-13-27(14-16-30)23(18-28)25(29-3)22-6-4-5-7-24(22)33-27/h4-11,18-19,28-29H,12-17H2,1-3H3. The van der Waals surface area contributed by atoms with E-state index in [9.17, 15) is 4.79 Å². The lowest BCUT2D eigenvalue weighted by atomic mass is 9.80. The van der Waals surface area contributed by atoms with E-state index in [1.165, 1.54) is 6.21 Å². The molecule has 2 N–H and O–H groups in total. The fraction of sp³-hybridized carbons (Fsp3) is 0.407. The third-order valence-corrected chi connectivity index (χ3v) is 6.54. The van der Waals surface area contributed by atoms with E-state index in [2.05, 4.69) is 19.2 Å². The highest BCUT2D eigenvalue weighted by molar-refractivity contribution is 5.95. The smallest absolute Gasteiger partial charge is 0.253 e. The van der Waals surface area contributed by atoms with Gasteiger partial charge in [0, 0.05) is 55.9 Å². The average Bonchev–Trinajstić information content (AvgIpc) is 2.83. The molecule has 33 heavy (non-hydrogen) atoms. The molecule has 174 valence electrons. The molecule has 2 aromatic rings. The molecule has 1 spiro atoms. The van der Waals surface area contributed by atoms with E-state index in [0.29, 0.717) is 44.0 Å². The largest absolute Gasteiger partial charge is 0.494 e. The van der Waals surface area contributed by atoms with Gasteiger partial charge in [0.05, 0.1) is 12.3 Å². The van der Waals surface area contributed by atoms with Gasteiger partial charge in [-0.2, -0.15) is 0 Å². The van der Waals surface area contributed by atoms with Crippen LogP contribution in [0.25, 0.3) is 5.70 Å². The maximum atomic E-state index is 13.1. The molecule has 0 atom stereocenters. The molecule has 2 heterocycles. The molecule has 4 rings (SSSR count). The van der Waals surface area contributed by atoms with Crippen molar-refractivity contribution in [2.45, 2.75) is 38.7 Å². The minimum Gasteiger partial charge on any atom is -0.494 e. The molecular weight excluding hydrogens is 414 g/mol. The van der Waals surface area contributed by atoms with E-state index >= 15 is 0 Å². The average molecular weight is 448 g/mol. The normalized spacial score (nSPS) is 16.9. The SMILES string of the molecule is CNC1=C(C=N)C2(CCN(C(=O)c3ccc(OCCC(C)C)cc3)CC2)Oc2ccccc21. The molecule has 1 amide bonds. The van der Waals surface area contributed by atoms with Crippen molar-refractivity contribution in [2.75, 3.05) is 26.7 Å². The fourth-order valence-corrected chi connectivity index (χ4v) is 4.60. The Morgan fingerprint density at radius 3 is 2.52 bits per heavy atom. The number of piperidine rings is 1. The number of carbonyl (C=O) groups is 1. The molecule has 1 fully saturated rings. The second-order valence-corrected chi connectivity index (χ2v) is 9.12. The Labute approximate surface area is 196 Å². The Morgan fingerprint density at radius 1 is 1.18 bits per heavy atom. The van der Waals surface area contributed by atoms with Gasteiger partial charge in [-0.25, -0.2) is 0 Å². The summed E-state index contributed by atoms with van der Waals surface area (Å²) < 4.78 is 12.3. The Bertz CT molecular complexity index is 1030. The van der Waals surface area contributed by atoms with E-state index in [0.717, 1.165) is 34.8 Å². The van der Waals surface area contributed by atoms with Crippen LogP contribution >= 0.6 is 0 Å². The molecule has 2 aliphatic heterocycles. The highest BCUT2D eigenvalue weighted by Crippen LogP contribution is 2.44. The number of nitrogens with zero attached hydrogens (tertiary/aromatic N) is 1. The molecule has 0 aromatic heterocycles. The van der Waals surface area contributed by atoms with Crippen LogP contribution in [0.15, 0.2) is 54.1 Å². The maximum Gasteiger partial charge on any atom is 0.253 e. The number of nitrogens with one attached hydrogen (secondary N) is 2. The number of carbonyl (C=O) groups excluding carboxylic acids is 1. The van der Waals surface area contributed by atoms with Crippen molar-refractivity contribution >= 4 is 17.8 Å². The van der Waals surface area contributed by atoms with Crippen LogP contribution in [0.5, 0.6) is 11.5 Å². The number of rotatable bonds is 7. The lowest BCUT2D eigenvalue weighted by Gasteiger charge is -2.45. The van der Waals surface area contributed by atoms with Crippen LogP contribution in [0.3, 0.4) is 0 Å². The fourth-order valence-electron chi connectivity index (χ4n) is 4.60. The first kappa shape index (κ1) is 22.9. The van der Waals surface area contributed by atoms with Crippen LogP contribution in [0.2, 0.25) is 0 Å². The van der Waals surface area contributed by atoms with Crippen molar-refractivity contribution in [3.8, 4) is 11.5 Å². The van der Waals surface area contributed by atoms with Crippen LogP contribution in [0, 0.1) is 11.3 Å². The molecule has 0 radical (unpaired) electrons. The first-order chi connectivity index (χ1) is 16.0. The van der Waals surface area contributed by atoms with Crippen LogP contribution in [-0.4, -0.2) is 49.4 Å². The number of fused-ring (bicyclic) bond motifs is 1. The summed E-state index contributed by atoms with van der Waals surface area (Å²) in [6.45, 7) is 6.17. The number of likely N-dealkylation sites (tertiary alicyclic amines) is 1. The van der Waals surface area contributed by atoms with Crippen molar-refractivity contribution in [2.24, 2.45) is 5.92 Å². The van der Waals surface area contributed by atoms with Gasteiger partial charge in [0.2, 0.25) is 0 Å². The van der Waals surface area contributed by atoms with Crippen molar-refractivity contribution in [3.05, 3.63) is 65.2 Å². The van der Waals surface area contributed by atoms with E-state index < -0.39 is 5.60 Å². The molecule has 0 aliphatic carbocycles. The van der Waals surface area contributed by atoms with Gasteiger partial charge in [-0.3, -0.25) is 4.79 Å². The summed E-state index contributed by atoms with van der Waals surface area (Å²) in [5.74, 6) is 2.23. The van der Waals surface area contributed by atoms with Gasteiger partial charge in [-0.1, -0.05) is 26.0 Å². The highest BCUT2D eigenvalue weighted by Gasteiger charge is 2.45. The summed E-state index contributed by atoms with van der Waals surface area (Å²) in [4.78, 5) is 15.0. The topological polar surface area (TPSA) is 74.7 Å². The van der Waals surface area contributed by atoms with Gasteiger partial charge in [-0.15, -0.1) is 0 Å². The molecule has 0 bridgehead atoms. The van der Waals surface area contributed by atoms with Gasteiger partial charge in [0.25, 0.3) is 5.91 Å². The van der Waals surface area contributed by atoms with Crippen LogP contribution in [0.4, 0.5) is 0 Å². The van der Waals surface area contributed by atoms with Crippen LogP contribution < -0.4 is 14.8 Å². The zero-order chi connectivity index (χ0) is 23.4. The third kappa shape index (κ3) is 4.61. The quantitative estimate of drug-likeness (QED) is 0.600. The van der Waals surface area contributed by atoms with Crippen molar-refractivity contribution < 1.29 is 14.3 Å². The summed E-state index contributed by atoms with van der Waals surface area (Å²) in [5.41, 5.74) is 2.81. The zero-order valence-corrected chi connectivity index (χ0v) is 19.7. The minimum atomic E-state index is -0.598. The molecule has 2 aromatic carbocycles. The molecule has 1 saturated heterocycles. The lowest BCUT2D eigenvalue weighted by molar-refractivity contribution is 0.0291. The Morgan fingerprint density at radius 2 is 1.88 bits per heavy atom. The van der Waals surface area contributed by atoms with Crippen LogP contribution in [-0.2, 0) is 0 Å². The van der Waals surface area contributed by atoms with Gasteiger partial charge in [0.15, 0.2) is 0 Å². The van der Waals surface area contributed by atoms with E-state index in [1.54, 1.807) is 0 Å². The van der Waals surface area contributed by atoms with E-state index in [4.69, 9.17) is 14.9 Å². The van der Waals surface area contributed by atoms with Crippen molar-refractivity contribution in [3.63, 3.8) is 0 Å². The Hall–Kier alpha value is -3.28. The number of benzene rings is 2. The number of amides is 1. The van der Waals surface area contributed by atoms with E-state index in [1.807, 2.05) is 60.5 Å². The zero-order valence-electron chi connectivity index (χ0n) is 19.7.